The Balaban J connectivity index is 1.78. The number of rotatable bonds is 3. The molecule has 0 bridgehead atoms. The second-order valence-corrected chi connectivity index (χ2v) is 4.07. The Morgan fingerprint density at radius 3 is 2.57 bits per heavy atom. The van der Waals surface area contributed by atoms with Crippen LogP contribution in [0.1, 0.15) is 5.56 Å². The molecule has 0 unspecified atom stereocenters. The van der Waals surface area contributed by atoms with Gasteiger partial charge in [0.2, 0.25) is 0 Å². The molecule has 1 aromatic rings. The van der Waals surface area contributed by atoms with Gasteiger partial charge in [0, 0.05) is 19.6 Å². The first-order chi connectivity index (χ1) is 6.84. The van der Waals surface area contributed by atoms with Gasteiger partial charge in [-0.3, -0.25) is 9.80 Å². The third kappa shape index (κ3) is 2.56. The Morgan fingerprint density at radius 2 is 1.93 bits per heavy atom. The van der Waals surface area contributed by atoms with Crippen LogP contribution in [0.5, 0.6) is 0 Å². The minimum absolute atomic E-state index is 1.13. The molecule has 1 aliphatic heterocycles. The van der Waals surface area contributed by atoms with Crippen LogP contribution in [0.15, 0.2) is 30.3 Å². The highest BCUT2D eigenvalue weighted by atomic mass is 15.4. The first-order valence-corrected chi connectivity index (χ1v) is 5.29. The highest BCUT2D eigenvalue weighted by Crippen LogP contribution is 2.05. The fourth-order valence-electron chi connectivity index (χ4n) is 1.91. The summed E-state index contributed by atoms with van der Waals surface area (Å²) in [6.45, 7) is 4.76. The summed E-state index contributed by atoms with van der Waals surface area (Å²) in [5, 5.41) is 0. The molecule has 0 N–H and O–H groups in total. The average Bonchev–Trinajstić information content (AvgIpc) is 2.63. The maximum Gasteiger partial charge on any atom is 0.0504 e. The average molecular weight is 190 g/mol. The summed E-state index contributed by atoms with van der Waals surface area (Å²) >= 11 is 0. The van der Waals surface area contributed by atoms with E-state index in [-0.39, 0.29) is 0 Å². The molecule has 14 heavy (non-hydrogen) atoms. The minimum atomic E-state index is 1.13. The van der Waals surface area contributed by atoms with Crippen molar-refractivity contribution in [3.63, 3.8) is 0 Å². The topological polar surface area (TPSA) is 6.48 Å². The molecular weight excluding hydrogens is 172 g/mol. The van der Waals surface area contributed by atoms with E-state index >= 15 is 0 Å². The molecule has 1 fully saturated rings. The van der Waals surface area contributed by atoms with Gasteiger partial charge >= 0.3 is 0 Å². The lowest BCUT2D eigenvalue weighted by atomic mass is 10.1. The van der Waals surface area contributed by atoms with Crippen LogP contribution in [0.2, 0.25) is 0 Å². The van der Waals surface area contributed by atoms with Crippen LogP contribution < -0.4 is 0 Å². The molecule has 0 aliphatic carbocycles. The van der Waals surface area contributed by atoms with Crippen molar-refractivity contribution in [2.75, 3.05) is 33.4 Å². The molecule has 0 aromatic heterocycles. The predicted molar refractivity (Wildman–Crippen MR) is 59.2 cm³/mol. The number of nitrogens with zero attached hydrogens (tertiary/aromatic N) is 2. The van der Waals surface area contributed by atoms with Crippen molar-refractivity contribution in [1.82, 2.24) is 9.80 Å². The zero-order valence-corrected chi connectivity index (χ0v) is 8.82. The first-order valence-electron chi connectivity index (χ1n) is 5.29. The molecule has 0 amide bonds. The predicted octanol–water partition coefficient (Wildman–Crippen LogP) is 1.43. The molecule has 1 aliphatic rings. The van der Waals surface area contributed by atoms with Gasteiger partial charge in [-0.1, -0.05) is 30.3 Å². The summed E-state index contributed by atoms with van der Waals surface area (Å²) in [6.07, 6.45) is 1.18. The zero-order valence-electron chi connectivity index (χ0n) is 8.82. The van der Waals surface area contributed by atoms with Gasteiger partial charge in [-0.05, 0) is 19.0 Å². The summed E-state index contributed by atoms with van der Waals surface area (Å²) in [7, 11) is 2.18. The molecule has 0 atom stereocenters. The third-order valence-electron chi connectivity index (χ3n) is 2.80. The second-order valence-electron chi connectivity index (χ2n) is 4.07. The van der Waals surface area contributed by atoms with Crippen LogP contribution >= 0.6 is 0 Å². The molecule has 1 heterocycles. The molecule has 2 nitrogen and oxygen atoms in total. The summed E-state index contributed by atoms with van der Waals surface area (Å²) in [5.41, 5.74) is 1.45. The maximum absolute atomic E-state index is 2.51. The maximum atomic E-state index is 2.51. The van der Waals surface area contributed by atoms with Crippen LogP contribution in [0.25, 0.3) is 0 Å². The van der Waals surface area contributed by atoms with E-state index in [1.165, 1.54) is 31.6 Å². The van der Waals surface area contributed by atoms with E-state index in [0.717, 1.165) is 6.67 Å². The molecule has 1 aromatic carbocycles. The SMILES string of the molecule is CN1CCN(CCc2ccccc2)C1. The molecule has 0 spiro atoms. The van der Waals surface area contributed by atoms with E-state index in [2.05, 4.69) is 47.2 Å². The number of benzene rings is 1. The van der Waals surface area contributed by atoms with Crippen molar-refractivity contribution in [3.05, 3.63) is 35.9 Å². The Morgan fingerprint density at radius 1 is 1.14 bits per heavy atom. The monoisotopic (exact) mass is 190 g/mol. The van der Waals surface area contributed by atoms with Crippen molar-refractivity contribution >= 4 is 0 Å². The van der Waals surface area contributed by atoms with Crippen molar-refractivity contribution < 1.29 is 0 Å². The van der Waals surface area contributed by atoms with E-state index in [1.807, 2.05) is 0 Å². The normalized spacial score (nSPS) is 18.9. The molecule has 2 heteroatoms. The standard InChI is InChI=1S/C12H18N2/c1-13-9-10-14(11-13)8-7-12-5-3-2-4-6-12/h2-6H,7-11H2,1H3. The van der Waals surface area contributed by atoms with Crippen LogP contribution in [0.4, 0.5) is 0 Å². The summed E-state index contributed by atoms with van der Waals surface area (Å²) in [4.78, 5) is 4.87. The molecule has 76 valence electrons. The van der Waals surface area contributed by atoms with Gasteiger partial charge in [-0.2, -0.15) is 0 Å². The van der Waals surface area contributed by atoms with E-state index in [1.54, 1.807) is 0 Å². The van der Waals surface area contributed by atoms with Crippen LogP contribution in [-0.4, -0.2) is 43.2 Å². The van der Waals surface area contributed by atoms with Crippen LogP contribution in [-0.2, 0) is 6.42 Å². The van der Waals surface area contributed by atoms with Gasteiger partial charge in [-0.15, -0.1) is 0 Å². The van der Waals surface area contributed by atoms with Crippen molar-refractivity contribution in [2.45, 2.75) is 6.42 Å². The minimum Gasteiger partial charge on any atom is -0.292 e. The largest absolute Gasteiger partial charge is 0.292 e. The van der Waals surface area contributed by atoms with Gasteiger partial charge in [0.1, 0.15) is 0 Å². The lowest BCUT2D eigenvalue weighted by Gasteiger charge is -2.14. The van der Waals surface area contributed by atoms with Gasteiger partial charge in [0.25, 0.3) is 0 Å². The molecule has 0 radical (unpaired) electrons. The smallest absolute Gasteiger partial charge is 0.0504 e. The van der Waals surface area contributed by atoms with E-state index in [0.29, 0.717) is 0 Å². The Labute approximate surface area is 86.1 Å². The highest BCUT2D eigenvalue weighted by Gasteiger charge is 2.15. The quantitative estimate of drug-likeness (QED) is 0.711. The van der Waals surface area contributed by atoms with Crippen LogP contribution in [0.3, 0.4) is 0 Å². The fraction of sp³-hybridized carbons (Fsp3) is 0.500. The van der Waals surface area contributed by atoms with Crippen molar-refractivity contribution in [3.8, 4) is 0 Å². The highest BCUT2D eigenvalue weighted by molar-refractivity contribution is 5.14. The summed E-state index contributed by atoms with van der Waals surface area (Å²) in [5.74, 6) is 0. The third-order valence-corrected chi connectivity index (χ3v) is 2.80. The van der Waals surface area contributed by atoms with Gasteiger partial charge in [-0.25, -0.2) is 0 Å². The fourth-order valence-corrected chi connectivity index (χ4v) is 1.91. The second kappa shape index (κ2) is 4.58. The Hall–Kier alpha value is -0.860. The van der Waals surface area contributed by atoms with Crippen LogP contribution in [0, 0.1) is 0 Å². The Kier molecular flexibility index (Phi) is 3.17. The summed E-state index contributed by atoms with van der Waals surface area (Å²) < 4.78 is 0. The van der Waals surface area contributed by atoms with E-state index in [9.17, 15) is 0 Å². The first kappa shape index (κ1) is 9.69. The van der Waals surface area contributed by atoms with Gasteiger partial charge in [0.05, 0.1) is 6.67 Å². The van der Waals surface area contributed by atoms with Crippen molar-refractivity contribution in [2.24, 2.45) is 0 Å². The van der Waals surface area contributed by atoms with Gasteiger partial charge in [0.15, 0.2) is 0 Å². The van der Waals surface area contributed by atoms with Crippen molar-refractivity contribution in [1.29, 1.82) is 0 Å². The lowest BCUT2D eigenvalue weighted by molar-refractivity contribution is 0.277. The number of hydrogen-bond donors (Lipinski definition) is 0. The number of hydrogen-bond acceptors (Lipinski definition) is 2. The summed E-state index contributed by atoms with van der Waals surface area (Å²) in [6, 6.07) is 10.7. The molecule has 0 saturated carbocycles. The molecule has 1 saturated heterocycles. The lowest BCUT2D eigenvalue weighted by Crippen LogP contribution is -2.25. The number of likely N-dealkylation sites (N-methyl/N-ethyl adjacent to an activating group) is 1. The Bertz CT molecular complexity index is 271. The molecule has 2 rings (SSSR count). The zero-order chi connectivity index (χ0) is 9.80. The molecular formula is C12H18N2. The van der Waals surface area contributed by atoms with E-state index < -0.39 is 0 Å². The van der Waals surface area contributed by atoms with E-state index in [4.69, 9.17) is 0 Å². The van der Waals surface area contributed by atoms with Gasteiger partial charge < -0.3 is 0 Å².